The number of pyridine rings is 1. The number of hydrogen-bond acceptors (Lipinski definition) is 6. The number of hydrogen-bond donors (Lipinski definition) is 3. The summed E-state index contributed by atoms with van der Waals surface area (Å²) in [5.74, 6) is 0.438. The average molecular weight is 435 g/mol. The van der Waals surface area contributed by atoms with Crippen LogP contribution >= 0.6 is 0 Å². The van der Waals surface area contributed by atoms with Crippen LogP contribution in [0.3, 0.4) is 0 Å². The Kier molecular flexibility index (Phi) is 4.85. The molecule has 166 valence electrons. The Morgan fingerprint density at radius 3 is 2.75 bits per heavy atom. The molecule has 2 aliphatic rings. The number of piperidine rings is 1. The Balaban J connectivity index is 1.48. The van der Waals surface area contributed by atoms with Gasteiger partial charge >= 0.3 is 5.69 Å². The van der Waals surface area contributed by atoms with E-state index in [1.54, 1.807) is 13.0 Å². The van der Waals surface area contributed by atoms with Crippen molar-refractivity contribution in [2.24, 2.45) is 0 Å². The zero-order chi connectivity index (χ0) is 22.5. The fourth-order valence-corrected chi connectivity index (χ4v) is 4.78. The van der Waals surface area contributed by atoms with Crippen LogP contribution in [0.5, 0.6) is 5.75 Å². The van der Waals surface area contributed by atoms with Crippen LogP contribution < -0.4 is 21.3 Å². The number of nitrogens with zero attached hydrogens (tertiary/aromatic N) is 2. The SMILES string of the molecule is Cc1cc(C(=O)NC2CC3(CCN(C)CC3)Oc3ccccc32)nc2[nH]c(=O)[nH]c(=O)c12. The number of H-pyrrole nitrogens is 2. The van der Waals surface area contributed by atoms with Crippen molar-refractivity contribution in [3.05, 3.63) is 68.0 Å². The zero-order valence-electron chi connectivity index (χ0n) is 18.0. The first kappa shape index (κ1) is 20.4. The zero-order valence-corrected chi connectivity index (χ0v) is 18.0. The first-order chi connectivity index (χ1) is 15.3. The number of likely N-dealkylation sites (tertiary alicyclic amines) is 1. The van der Waals surface area contributed by atoms with E-state index >= 15 is 0 Å². The van der Waals surface area contributed by atoms with Crippen LogP contribution in [0, 0.1) is 6.92 Å². The minimum absolute atomic E-state index is 0.100. The fourth-order valence-electron chi connectivity index (χ4n) is 4.78. The van der Waals surface area contributed by atoms with Gasteiger partial charge in [0.25, 0.3) is 11.5 Å². The van der Waals surface area contributed by atoms with E-state index in [1.807, 2.05) is 24.3 Å². The molecule has 1 atom stereocenters. The van der Waals surface area contributed by atoms with Crippen LogP contribution in [0.15, 0.2) is 39.9 Å². The molecule has 32 heavy (non-hydrogen) atoms. The van der Waals surface area contributed by atoms with Crippen molar-refractivity contribution in [2.45, 2.75) is 37.8 Å². The molecule has 9 nitrogen and oxygen atoms in total. The van der Waals surface area contributed by atoms with Gasteiger partial charge in [-0.2, -0.15) is 0 Å². The van der Waals surface area contributed by atoms with E-state index < -0.39 is 11.2 Å². The topological polar surface area (TPSA) is 120 Å². The lowest BCUT2D eigenvalue weighted by Crippen LogP contribution is -2.51. The molecule has 1 saturated heterocycles. The number of aromatic amines is 2. The Hall–Kier alpha value is -3.46. The Bertz CT molecular complexity index is 1320. The lowest BCUT2D eigenvalue weighted by atomic mass is 9.80. The van der Waals surface area contributed by atoms with Crippen molar-refractivity contribution in [1.29, 1.82) is 0 Å². The summed E-state index contributed by atoms with van der Waals surface area (Å²) in [7, 11) is 2.10. The summed E-state index contributed by atoms with van der Waals surface area (Å²) < 4.78 is 6.46. The average Bonchev–Trinajstić information content (AvgIpc) is 2.75. The number of aryl methyl sites for hydroxylation is 1. The molecule has 3 N–H and O–H groups in total. The molecule has 5 rings (SSSR count). The molecule has 0 bridgehead atoms. The molecule has 1 spiro atoms. The number of fused-ring (bicyclic) bond motifs is 2. The van der Waals surface area contributed by atoms with Crippen LogP contribution in [0.1, 0.15) is 46.9 Å². The Morgan fingerprint density at radius 1 is 1.22 bits per heavy atom. The second kappa shape index (κ2) is 7.59. The molecule has 3 aromatic rings. The second-order valence-electron chi connectivity index (χ2n) is 8.81. The third-order valence-electron chi connectivity index (χ3n) is 6.54. The van der Waals surface area contributed by atoms with E-state index in [1.165, 1.54) is 0 Å². The molecule has 1 aromatic carbocycles. The largest absolute Gasteiger partial charge is 0.487 e. The standard InChI is InChI=1S/C23H25N5O4/c1-13-11-15(24-19-18(13)21(30)27-22(31)26-19)20(29)25-16-12-23(7-9-28(2)10-8-23)32-17-6-4-3-5-14(16)17/h3-6,11,16H,7-10,12H2,1-2H3,(H,25,29)(H2,24,26,27,30,31). The van der Waals surface area contributed by atoms with Crippen LogP contribution in [-0.2, 0) is 0 Å². The number of carbonyl (C=O) groups is 1. The fraction of sp³-hybridized carbons (Fsp3) is 0.391. The van der Waals surface area contributed by atoms with E-state index in [4.69, 9.17) is 4.74 Å². The second-order valence-corrected chi connectivity index (χ2v) is 8.81. The molecule has 4 heterocycles. The molecule has 9 heteroatoms. The minimum Gasteiger partial charge on any atom is -0.487 e. The van der Waals surface area contributed by atoms with E-state index in [0.717, 1.165) is 37.2 Å². The van der Waals surface area contributed by atoms with Gasteiger partial charge in [0.2, 0.25) is 0 Å². The number of amides is 1. The number of para-hydroxylation sites is 1. The van der Waals surface area contributed by atoms with Gasteiger partial charge in [-0.1, -0.05) is 18.2 Å². The smallest absolute Gasteiger partial charge is 0.327 e. The number of rotatable bonds is 2. The molecule has 2 aromatic heterocycles. The Morgan fingerprint density at radius 2 is 1.97 bits per heavy atom. The van der Waals surface area contributed by atoms with Gasteiger partial charge in [-0.05, 0) is 44.5 Å². The lowest BCUT2D eigenvalue weighted by Gasteiger charge is -2.46. The van der Waals surface area contributed by atoms with Gasteiger partial charge in [-0.25, -0.2) is 9.78 Å². The predicted octanol–water partition coefficient (Wildman–Crippen LogP) is 1.64. The molecule has 1 unspecified atom stereocenters. The van der Waals surface area contributed by atoms with Crippen LogP contribution in [0.2, 0.25) is 0 Å². The maximum absolute atomic E-state index is 13.2. The van der Waals surface area contributed by atoms with Crippen LogP contribution in [-0.4, -0.2) is 51.5 Å². The third kappa shape index (κ3) is 3.58. The van der Waals surface area contributed by atoms with Gasteiger partial charge in [-0.3, -0.25) is 19.6 Å². The third-order valence-corrected chi connectivity index (χ3v) is 6.54. The molecule has 1 amide bonds. The van der Waals surface area contributed by atoms with Gasteiger partial charge < -0.3 is 15.0 Å². The predicted molar refractivity (Wildman–Crippen MR) is 119 cm³/mol. The molecule has 1 fully saturated rings. The lowest BCUT2D eigenvalue weighted by molar-refractivity contribution is -0.0196. The van der Waals surface area contributed by atoms with Crippen molar-refractivity contribution in [3.8, 4) is 5.75 Å². The monoisotopic (exact) mass is 435 g/mol. The van der Waals surface area contributed by atoms with E-state index in [-0.39, 0.29) is 34.3 Å². The van der Waals surface area contributed by atoms with Gasteiger partial charge in [0, 0.05) is 25.1 Å². The van der Waals surface area contributed by atoms with Crippen molar-refractivity contribution in [1.82, 2.24) is 25.2 Å². The maximum atomic E-state index is 13.2. The quantitative estimate of drug-likeness (QED) is 0.563. The maximum Gasteiger partial charge on any atom is 0.327 e. The highest BCUT2D eigenvalue weighted by Crippen LogP contribution is 2.44. The first-order valence-electron chi connectivity index (χ1n) is 10.7. The van der Waals surface area contributed by atoms with Crippen LogP contribution in [0.4, 0.5) is 0 Å². The molecular formula is C23H25N5O4. The molecule has 0 aliphatic carbocycles. The highest BCUT2D eigenvalue weighted by Gasteiger charge is 2.43. The van der Waals surface area contributed by atoms with E-state index in [0.29, 0.717) is 12.0 Å². The highest BCUT2D eigenvalue weighted by atomic mass is 16.5. The number of ether oxygens (including phenoxy) is 1. The van der Waals surface area contributed by atoms with Crippen molar-refractivity contribution < 1.29 is 9.53 Å². The van der Waals surface area contributed by atoms with E-state index in [9.17, 15) is 14.4 Å². The number of aromatic nitrogens is 3. The summed E-state index contributed by atoms with van der Waals surface area (Å²) in [4.78, 5) is 48.3. The first-order valence-corrected chi connectivity index (χ1v) is 10.7. The van der Waals surface area contributed by atoms with Crippen LogP contribution in [0.25, 0.3) is 11.0 Å². The summed E-state index contributed by atoms with van der Waals surface area (Å²) >= 11 is 0. The summed E-state index contributed by atoms with van der Waals surface area (Å²) in [6.07, 6.45) is 2.45. The molecule has 2 aliphatic heterocycles. The number of carbonyl (C=O) groups excluding carboxylic acids is 1. The van der Waals surface area contributed by atoms with Crippen molar-refractivity contribution >= 4 is 16.9 Å². The Labute approximate surface area is 183 Å². The van der Waals surface area contributed by atoms with Crippen molar-refractivity contribution in [2.75, 3.05) is 20.1 Å². The number of nitrogens with one attached hydrogen (secondary N) is 3. The molecular weight excluding hydrogens is 410 g/mol. The number of benzene rings is 1. The normalized spacial score (nSPS) is 20.0. The summed E-state index contributed by atoms with van der Waals surface area (Å²) in [5.41, 5.74) is 0.257. The minimum atomic E-state index is -0.658. The van der Waals surface area contributed by atoms with Gasteiger partial charge in [0.05, 0.1) is 11.4 Å². The molecule has 0 saturated carbocycles. The van der Waals surface area contributed by atoms with Gasteiger partial charge in [0.1, 0.15) is 22.7 Å². The molecule has 0 radical (unpaired) electrons. The summed E-state index contributed by atoms with van der Waals surface area (Å²) in [6.45, 7) is 3.60. The van der Waals surface area contributed by atoms with Gasteiger partial charge in [-0.15, -0.1) is 0 Å². The summed E-state index contributed by atoms with van der Waals surface area (Å²) in [6, 6.07) is 9.13. The van der Waals surface area contributed by atoms with Crippen molar-refractivity contribution in [3.63, 3.8) is 0 Å². The van der Waals surface area contributed by atoms with E-state index in [2.05, 4.69) is 32.2 Å². The summed E-state index contributed by atoms with van der Waals surface area (Å²) in [5, 5.41) is 3.39. The highest BCUT2D eigenvalue weighted by molar-refractivity contribution is 5.95. The van der Waals surface area contributed by atoms with Gasteiger partial charge in [0.15, 0.2) is 0 Å².